The number of aromatic nitrogens is 2. The second-order valence-corrected chi connectivity index (χ2v) is 7.69. The topological polar surface area (TPSA) is 45.4 Å². The van der Waals surface area contributed by atoms with Gasteiger partial charge in [-0.05, 0) is 53.6 Å². The van der Waals surface area contributed by atoms with Crippen molar-refractivity contribution in [1.82, 2.24) is 9.36 Å². The summed E-state index contributed by atoms with van der Waals surface area (Å²) in [5.41, 5.74) is 3.02. The molecule has 0 spiro atoms. The van der Waals surface area contributed by atoms with E-state index in [0.29, 0.717) is 18.5 Å². The van der Waals surface area contributed by atoms with E-state index < -0.39 is 0 Å². The quantitative estimate of drug-likeness (QED) is 0.426. The molecule has 0 aliphatic rings. The van der Waals surface area contributed by atoms with Gasteiger partial charge in [0.05, 0.1) is 38.2 Å². The summed E-state index contributed by atoms with van der Waals surface area (Å²) in [6.45, 7) is 1.06. The van der Waals surface area contributed by atoms with E-state index in [2.05, 4.69) is 15.9 Å². The van der Waals surface area contributed by atoms with Crippen molar-refractivity contribution < 1.29 is 9.47 Å². The van der Waals surface area contributed by atoms with Gasteiger partial charge in [0.15, 0.2) is 0 Å². The second kappa shape index (κ2) is 8.17. The number of methoxy groups -OCH3 is 2. The number of halogens is 1. The number of hydrogen-bond acceptors (Lipinski definition) is 3. The summed E-state index contributed by atoms with van der Waals surface area (Å²) in [4.78, 5) is 13.2. The van der Waals surface area contributed by atoms with Crippen LogP contribution < -0.4 is 15.0 Å². The molecule has 0 saturated carbocycles. The average Bonchev–Trinajstić information content (AvgIpc) is 3.00. The van der Waals surface area contributed by atoms with Gasteiger partial charge in [-0.25, -0.2) is 4.68 Å². The fourth-order valence-electron chi connectivity index (χ4n) is 3.42. The summed E-state index contributed by atoms with van der Waals surface area (Å²) in [6, 6.07) is 21.5. The van der Waals surface area contributed by atoms with Crippen LogP contribution in [0.3, 0.4) is 0 Å². The molecular formula is C23H21BrN2O3. The maximum absolute atomic E-state index is 13.2. The van der Waals surface area contributed by atoms with Gasteiger partial charge in [0, 0.05) is 4.47 Å². The summed E-state index contributed by atoms with van der Waals surface area (Å²) in [5, 5.41) is 0.696. The van der Waals surface area contributed by atoms with E-state index >= 15 is 0 Å². The highest BCUT2D eigenvalue weighted by molar-refractivity contribution is 9.10. The van der Waals surface area contributed by atoms with Crippen LogP contribution in [-0.2, 0) is 13.1 Å². The Morgan fingerprint density at radius 3 is 1.79 bits per heavy atom. The van der Waals surface area contributed by atoms with Crippen LogP contribution in [0.25, 0.3) is 10.9 Å². The Morgan fingerprint density at radius 2 is 1.28 bits per heavy atom. The number of fused-ring (bicyclic) bond motifs is 1. The molecule has 1 heterocycles. The monoisotopic (exact) mass is 452 g/mol. The molecule has 0 saturated heterocycles. The molecule has 0 N–H and O–H groups in total. The zero-order chi connectivity index (χ0) is 20.4. The molecule has 0 aliphatic carbocycles. The molecule has 0 bridgehead atoms. The normalized spacial score (nSPS) is 11.0. The van der Waals surface area contributed by atoms with Crippen LogP contribution >= 0.6 is 15.9 Å². The van der Waals surface area contributed by atoms with E-state index in [-0.39, 0.29) is 5.56 Å². The van der Waals surface area contributed by atoms with E-state index in [4.69, 9.17) is 9.47 Å². The number of benzene rings is 3. The minimum absolute atomic E-state index is 0.00868. The van der Waals surface area contributed by atoms with Crippen molar-refractivity contribution in [2.45, 2.75) is 13.1 Å². The average molecular weight is 453 g/mol. The van der Waals surface area contributed by atoms with E-state index in [9.17, 15) is 4.79 Å². The molecule has 6 heteroatoms. The first kappa shape index (κ1) is 19.3. The largest absolute Gasteiger partial charge is 0.497 e. The third kappa shape index (κ3) is 3.93. The fraction of sp³-hybridized carbons (Fsp3) is 0.174. The summed E-state index contributed by atoms with van der Waals surface area (Å²) >= 11 is 3.48. The minimum atomic E-state index is -0.00868. The van der Waals surface area contributed by atoms with Gasteiger partial charge in [-0.15, -0.1) is 0 Å². The molecule has 0 radical (unpaired) electrons. The van der Waals surface area contributed by atoms with Gasteiger partial charge in [-0.3, -0.25) is 9.48 Å². The molecule has 29 heavy (non-hydrogen) atoms. The van der Waals surface area contributed by atoms with Gasteiger partial charge in [-0.1, -0.05) is 40.2 Å². The zero-order valence-corrected chi connectivity index (χ0v) is 17.8. The molecule has 4 aromatic rings. The Balaban J connectivity index is 1.79. The zero-order valence-electron chi connectivity index (χ0n) is 16.3. The maximum atomic E-state index is 13.2. The van der Waals surface area contributed by atoms with Crippen LogP contribution in [0.1, 0.15) is 11.1 Å². The fourth-order valence-corrected chi connectivity index (χ4v) is 3.78. The Morgan fingerprint density at radius 1 is 0.759 bits per heavy atom. The van der Waals surface area contributed by atoms with Crippen molar-refractivity contribution in [2.24, 2.45) is 0 Å². The van der Waals surface area contributed by atoms with E-state index in [1.54, 1.807) is 18.9 Å². The van der Waals surface area contributed by atoms with Crippen LogP contribution in [-0.4, -0.2) is 23.6 Å². The predicted octanol–water partition coefficient (Wildman–Crippen LogP) is 4.68. The summed E-state index contributed by atoms with van der Waals surface area (Å²) in [6.07, 6.45) is 0. The number of ether oxygens (including phenoxy) is 2. The Kier molecular flexibility index (Phi) is 5.45. The van der Waals surface area contributed by atoms with E-state index in [1.165, 1.54) is 0 Å². The molecule has 5 nitrogen and oxygen atoms in total. The molecule has 0 atom stereocenters. The van der Waals surface area contributed by atoms with Gasteiger partial charge >= 0.3 is 0 Å². The van der Waals surface area contributed by atoms with E-state index in [0.717, 1.165) is 32.6 Å². The standard InChI is InChI=1S/C23H21BrN2O3/c1-28-19-8-3-16(4-9-19)14-25-22-12-7-18(24)13-21(22)23(27)26(25)15-17-5-10-20(29-2)11-6-17/h3-13H,14-15H2,1-2H3. The summed E-state index contributed by atoms with van der Waals surface area (Å²) in [7, 11) is 3.29. The SMILES string of the molecule is COc1ccc(Cn2c(=O)c3cc(Br)ccc3n2Cc2ccc(OC)cc2)cc1. The molecule has 0 fully saturated rings. The van der Waals surface area contributed by atoms with Crippen LogP contribution in [0.4, 0.5) is 0 Å². The first-order valence-corrected chi connectivity index (χ1v) is 10.0. The van der Waals surface area contributed by atoms with Crippen molar-refractivity contribution in [3.8, 4) is 11.5 Å². The van der Waals surface area contributed by atoms with Crippen LogP contribution in [0.5, 0.6) is 11.5 Å². The van der Waals surface area contributed by atoms with Gasteiger partial charge in [0.25, 0.3) is 5.56 Å². The lowest BCUT2D eigenvalue weighted by Gasteiger charge is -2.14. The lowest BCUT2D eigenvalue weighted by Crippen LogP contribution is -2.24. The molecule has 1 aromatic heterocycles. The van der Waals surface area contributed by atoms with Crippen LogP contribution in [0.15, 0.2) is 76.0 Å². The molecule has 0 aliphatic heterocycles. The Bertz CT molecular complexity index is 1190. The highest BCUT2D eigenvalue weighted by Crippen LogP contribution is 2.21. The minimum Gasteiger partial charge on any atom is -0.497 e. The van der Waals surface area contributed by atoms with Crippen LogP contribution in [0.2, 0.25) is 0 Å². The lowest BCUT2D eigenvalue weighted by molar-refractivity contribution is 0.414. The van der Waals surface area contributed by atoms with Gasteiger partial charge in [0.2, 0.25) is 0 Å². The first-order valence-electron chi connectivity index (χ1n) is 9.24. The smallest absolute Gasteiger partial charge is 0.274 e. The Hall–Kier alpha value is -2.99. The maximum Gasteiger partial charge on any atom is 0.274 e. The Labute approximate surface area is 177 Å². The van der Waals surface area contributed by atoms with Crippen molar-refractivity contribution in [3.05, 3.63) is 92.7 Å². The lowest BCUT2D eigenvalue weighted by atomic mass is 10.2. The molecule has 4 rings (SSSR count). The highest BCUT2D eigenvalue weighted by atomic mass is 79.9. The second-order valence-electron chi connectivity index (χ2n) is 6.78. The van der Waals surface area contributed by atoms with Gasteiger partial charge < -0.3 is 9.47 Å². The highest BCUT2D eigenvalue weighted by Gasteiger charge is 2.14. The number of rotatable bonds is 6. The van der Waals surface area contributed by atoms with Crippen molar-refractivity contribution in [3.63, 3.8) is 0 Å². The third-order valence-electron chi connectivity index (χ3n) is 4.98. The van der Waals surface area contributed by atoms with E-state index in [1.807, 2.05) is 71.4 Å². The molecule has 0 unspecified atom stereocenters. The predicted molar refractivity (Wildman–Crippen MR) is 118 cm³/mol. The number of hydrogen-bond donors (Lipinski definition) is 0. The van der Waals surface area contributed by atoms with Crippen molar-refractivity contribution in [1.29, 1.82) is 0 Å². The third-order valence-corrected chi connectivity index (χ3v) is 5.47. The van der Waals surface area contributed by atoms with Crippen molar-refractivity contribution in [2.75, 3.05) is 14.2 Å². The molecular weight excluding hydrogens is 432 g/mol. The van der Waals surface area contributed by atoms with Gasteiger partial charge in [0.1, 0.15) is 11.5 Å². The number of nitrogens with zero attached hydrogens (tertiary/aromatic N) is 2. The summed E-state index contributed by atoms with van der Waals surface area (Å²) in [5.74, 6) is 1.61. The van der Waals surface area contributed by atoms with Crippen LogP contribution in [0, 0.1) is 0 Å². The van der Waals surface area contributed by atoms with Gasteiger partial charge in [-0.2, -0.15) is 0 Å². The van der Waals surface area contributed by atoms with Crippen molar-refractivity contribution >= 4 is 26.8 Å². The molecule has 0 amide bonds. The summed E-state index contributed by atoms with van der Waals surface area (Å²) < 4.78 is 15.2. The molecule has 3 aromatic carbocycles. The first-order chi connectivity index (χ1) is 14.1. The molecule has 148 valence electrons.